The lowest BCUT2D eigenvalue weighted by Gasteiger charge is -2.37. The molecular weight excluding hydrogens is 410 g/mol. The third kappa shape index (κ3) is 4.67. The molecule has 1 saturated heterocycles. The Morgan fingerprint density at radius 1 is 1.07 bits per heavy atom. The summed E-state index contributed by atoms with van der Waals surface area (Å²) in [5, 5.41) is 0.708. The van der Waals surface area contributed by atoms with Gasteiger partial charge in [0.05, 0.1) is 11.4 Å². The highest BCUT2D eigenvalue weighted by molar-refractivity contribution is 7.92. The van der Waals surface area contributed by atoms with Crippen LogP contribution in [-0.2, 0) is 10.0 Å². The molecule has 1 heterocycles. The standard InChI is InChI=1S/C21H26ClN3O3S/c1-4-29(27,28)23(3)19-9-6-17(7-10-19)21(26)25-13-11-24(12-14-25)20-15-18(22)8-5-16(20)2/h5-10,15H,4,11-14H2,1-3H3. The molecule has 1 aliphatic rings. The van der Waals surface area contributed by atoms with E-state index in [1.54, 1.807) is 31.2 Å². The van der Waals surface area contributed by atoms with Crippen molar-refractivity contribution in [1.82, 2.24) is 4.90 Å². The highest BCUT2D eigenvalue weighted by atomic mass is 35.5. The lowest BCUT2D eigenvalue weighted by atomic mass is 10.1. The quantitative estimate of drug-likeness (QED) is 0.722. The Morgan fingerprint density at radius 3 is 2.28 bits per heavy atom. The van der Waals surface area contributed by atoms with Crippen LogP contribution in [0.15, 0.2) is 42.5 Å². The smallest absolute Gasteiger partial charge is 0.253 e. The number of anilines is 2. The molecule has 2 aromatic carbocycles. The molecule has 1 amide bonds. The number of sulfonamides is 1. The minimum absolute atomic E-state index is 0.0283. The van der Waals surface area contributed by atoms with Crippen LogP contribution in [0, 0.1) is 6.92 Å². The first kappa shape index (κ1) is 21.5. The van der Waals surface area contributed by atoms with Crippen LogP contribution in [0.2, 0.25) is 5.02 Å². The number of halogens is 1. The SMILES string of the molecule is CCS(=O)(=O)N(C)c1ccc(C(=O)N2CCN(c3cc(Cl)ccc3C)CC2)cc1. The van der Waals surface area contributed by atoms with Crippen molar-refractivity contribution in [3.63, 3.8) is 0 Å². The Balaban J connectivity index is 1.66. The van der Waals surface area contributed by atoms with Crippen LogP contribution in [0.4, 0.5) is 11.4 Å². The van der Waals surface area contributed by atoms with Gasteiger partial charge in [-0.05, 0) is 55.8 Å². The van der Waals surface area contributed by atoms with Gasteiger partial charge in [0.2, 0.25) is 10.0 Å². The fourth-order valence-electron chi connectivity index (χ4n) is 3.42. The Morgan fingerprint density at radius 2 is 1.69 bits per heavy atom. The van der Waals surface area contributed by atoms with Crippen LogP contribution in [-0.4, -0.2) is 58.2 Å². The van der Waals surface area contributed by atoms with Crippen LogP contribution < -0.4 is 9.21 Å². The number of aryl methyl sites for hydroxylation is 1. The minimum atomic E-state index is -3.32. The molecule has 0 aliphatic carbocycles. The molecule has 0 bridgehead atoms. The number of carbonyl (C=O) groups excluding carboxylic acids is 1. The first-order chi connectivity index (χ1) is 13.7. The van der Waals surface area contributed by atoms with Crippen molar-refractivity contribution >= 4 is 38.9 Å². The van der Waals surface area contributed by atoms with Crippen molar-refractivity contribution in [3.8, 4) is 0 Å². The summed E-state index contributed by atoms with van der Waals surface area (Å²) in [6.07, 6.45) is 0. The largest absolute Gasteiger partial charge is 0.368 e. The number of carbonyl (C=O) groups is 1. The summed E-state index contributed by atoms with van der Waals surface area (Å²) in [4.78, 5) is 16.9. The molecule has 29 heavy (non-hydrogen) atoms. The third-order valence-electron chi connectivity index (χ3n) is 5.34. The molecule has 1 fully saturated rings. The van der Waals surface area contributed by atoms with Gasteiger partial charge >= 0.3 is 0 Å². The van der Waals surface area contributed by atoms with Crippen molar-refractivity contribution in [3.05, 3.63) is 58.6 Å². The normalized spacial score (nSPS) is 14.8. The summed E-state index contributed by atoms with van der Waals surface area (Å²) in [5.74, 6) is -0.0133. The minimum Gasteiger partial charge on any atom is -0.368 e. The zero-order valence-corrected chi connectivity index (χ0v) is 18.5. The Labute approximate surface area is 177 Å². The molecule has 0 atom stereocenters. The van der Waals surface area contributed by atoms with Crippen molar-refractivity contribution in [2.24, 2.45) is 0 Å². The number of hydrogen-bond acceptors (Lipinski definition) is 4. The van der Waals surface area contributed by atoms with Crippen LogP contribution in [0.1, 0.15) is 22.8 Å². The molecular formula is C21H26ClN3O3S. The van der Waals surface area contributed by atoms with E-state index in [1.807, 2.05) is 23.1 Å². The molecule has 0 unspecified atom stereocenters. The zero-order chi connectivity index (χ0) is 21.2. The van der Waals surface area contributed by atoms with Crippen LogP contribution in [0.3, 0.4) is 0 Å². The molecule has 0 N–H and O–H groups in total. The summed E-state index contributed by atoms with van der Waals surface area (Å²) in [5.41, 5.74) is 3.37. The van der Waals surface area contributed by atoms with Gasteiger partial charge in [0, 0.05) is 49.5 Å². The topological polar surface area (TPSA) is 60.9 Å². The average molecular weight is 436 g/mol. The van der Waals surface area contributed by atoms with E-state index < -0.39 is 10.0 Å². The van der Waals surface area contributed by atoms with Gasteiger partial charge in [0.15, 0.2) is 0 Å². The monoisotopic (exact) mass is 435 g/mol. The summed E-state index contributed by atoms with van der Waals surface area (Å²) in [7, 11) is -1.80. The van der Waals surface area contributed by atoms with Gasteiger partial charge in [-0.15, -0.1) is 0 Å². The Hall–Kier alpha value is -2.25. The molecule has 1 aliphatic heterocycles. The summed E-state index contributed by atoms with van der Waals surface area (Å²) < 4.78 is 25.2. The maximum Gasteiger partial charge on any atom is 0.253 e. The van der Waals surface area contributed by atoms with Gasteiger partial charge in [0.25, 0.3) is 5.91 Å². The van der Waals surface area contributed by atoms with Crippen LogP contribution in [0.25, 0.3) is 0 Å². The molecule has 0 aromatic heterocycles. The second-order valence-electron chi connectivity index (χ2n) is 7.12. The van der Waals surface area contributed by atoms with Gasteiger partial charge in [-0.2, -0.15) is 0 Å². The molecule has 0 spiro atoms. The number of rotatable bonds is 5. The van der Waals surface area contributed by atoms with Gasteiger partial charge in [-0.1, -0.05) is 17.7 Å². The van der Waals surface area contributed by atoms with Crippen molar-refractivity contribution in [2.45, 2.75) is 13.8 Å². The average Bonchev–Trinajstić information content (AvgIpc) is 2.74. The van der Waals surface area contributed by atoms with E-state index in [0.717, 1.165) is 24.3 Å². The molecule has 156 valence electrons. The van der Waals surface area contributed by atoms with Crippen LogP contribution in [0.5, 0.6) is 0 Å². The van der Waals surface area contributed by atoms with E-state index in [-0.39, 0.29) is 11.7 Å². The number of benzene rings is 2. The summed E-state index contributed by atoms with van der Waals surface area (Å²) >= 11 is 6.14. The zero-order valence-electron chi connectivity index (χ0n) is 16.9. The number of amides is 1. The lowest BCUT2D eigenvalue weighted by molar-refractivity contribution is 0.0747. The maximum absolute atomic E-state index is 12.9. The Kier molecular flexibility index (Phi) is 6.39. The van der Waals surface area contributed by atoms with Gasteiger partial charge < -0.3 is 9.80 Å². The highest BCUT2D eigenvalue weighted by Gasteiger charge is 2.23. The van der Waals surface area contributed by atoms with Crippen molar-refractivity contribution in [1.29, 1.82) is 0 Å². The number of piperazine rings is 1. The lowest BCUT2D eigenvalue weighted by Crippen LogP contribution is -2.49. The fourth-order valence-corrected chi connectivity index (χ4v) is 4.42. The highest BCUT2D eigenvalue weighted by Crippen LogP contribution is 2.26. The first-order valence-corrected chi connectivity index (χ1v) is 11.6. The van der Waals surface area contributed by atoms with E-state index in [0.29, 0.717) is 29.4 Å². The van der Waals surface area contributed by atoms with Gasteiger partial charge in [-0.3, -0.25) is 9.10 Å². The van der Waals surface area contributed by atoms with E-state index in [9.17, 15) is 13.2 Å². The predicted octanol–water partition coefficient (Wildman–Crippen LogP) is 3.40. The molecule has 3 rings (SSSR count). The molecule has 0 radical (unpaired) electrons. The maximum atomic E-state index is 12.9. The van der Waals surface area contributed by atoms with E-state index in [2.05, 4.69) is 11.8 Å². The molecule has 6 nitrogen and oxygen atoms in total. The molecule has 8 heteroatoms. The second-order valence-corrected chi connectivity index (χ2v) is 9.85. The summed E-state index contributed by atoms with van der Waals surface area (Å²) in [6, 6.07) is 12.6. The molecule has 0 saturated carbocycles. The molecule has 2 aromatic rings. The number of hydrogen-bond donors (Lipinski definition) is 0. The fraction of sp³-hybridized carbons (Fsp3) is 0.381. The van der Waals surface area contributed by atoms with E-state index in [4.69, 9.17) is 11.6 Å². The first-order valence-electron chi connectivity index (χ1n) is 9.60. The van der Waals surface area contributed by atoms with Gasteiger partial charge in [-0.25, -0.2) is 8.42 Å². The second kappa shape index (κ2) is 8.63. The van der Waals surface area contributed by atoms with Crippen LogP contribution >= 0.6 is 11.6 Å². The third-order valence-corrected chi connectivity index (χ3v) is 7.35. The van der Waals surface area contributed by atoms with E-state index >= 15 is 0 Å². The Bertz CT molecular complexity index is 985. The van der Waals surface area contributed by atoms with Crippen molar-refractivity contribution in [2.75, 3.05) is 48.2 Å². The van der Waals surface area contributed by atoms with Gasteiger partial charge in [0.1, 0.15) is 0 Å². The van der Waals surface area contributed by atoms with E-state index in [1.165, 1.54) is 11.4 Å². The predicted molar refractivity (Wildman–Crippen MR) is 119 cm³/mol. The summed E-state index contributed by atoms with van der Waals surface area (Å²) in [6.45, 7) is 6.38. The number of nitrogens with zero attached hydrogens (tertiary/aromatic N) is 3. The van der Waals surface area contributed by atoms with Crippen molar-refractivity contribution < 1.29 is 13.2 Å².